The minimum absolute atomic E-state index is 0.0445. The monoisotopic (exact) mass is 326 g/mol. The van der Waals surface area contributed by atoms with Crippen molar-refractivity contribution in [2.45, 2.75) is 39.0 Å². The van der Waals surface area contributed by atoms with E-state index in [0.717, 1.165) is 12.2 Å². The molecule has 0 aliphatic heterocycles. The van der Waals surface area contributed by atoms with E-state index in [1.807, 2.05) is 0 Å². The Kier molecular flexibility index (Phi) is 9.51. The fourth-order valence-corrected chi connectivity index (χ4v) is 2.38. The molecule has 1 rings (SSSR count). The van der Waals surface area contributed by atoms with Crippen LogP contribution in [0.4, 0.5) is 4.79 Å². The van der Waals surface area contributed by atoms with Crippen molar-refractivity contribution in [3.63, 3.8) is 0 Å². The Labute approximate surface area is 136 Å². The van der Waals surface area contributed by atoms with E-state index in [2.05, 4.69) is 15.4 Å². The summed E-state index contributed by atoms with van der Waals surface area (Å²) in [7, 11) is 0. The van der Waals surface area contributed by atoms with Gasteiger partial charge >= 0.3 is 18.0 Å². The van der Waals surface area contributed by atoms with Crippen LogP contribution in [0.15, 0.2) is 12.2 Å². The van der Waals surface area contributed by atoms with Crippen LogP contribution in [0.3, 0.4) is 0 Å². The molecule has 0 atom stereocenters. The molecule has 1 saturated carbocycles. The molecular weight excluding hydrogens is 300 g/mol. The lowest BCUT2D eigenvalue weighted by Gasteiger charge is -2.21. The first-order chi connectivity index (χ1) is 11.1. The number of urea groups is 1. The summed E-state index contributed by atoms with van der Waals surface area (Å²) in [5.74, 6) is -0.674. The van der Waals surface area contributed by atoms with E-state index in [0.29, 0.717) is 12.5 Å². The molecule has 0 aromatic heterocycles. The molecule has 130 valence electrons. The molecule has 0 spiro atoms. The molecule has 1 aliphatic rings. The molecule has 2 N–H and O–H groups in total. The van der Waals surface area contributed by atoms with Gasteiger partial charge in [-0.3, -0.25) is 0 Å². The summed E-state index contributed by atoms with van der Waals surface area (Å²) in [4.78, 5) is 33.9. The zero-order valence-electron chi connectivity index (χ0n) is 13.6. The predicted molar refractivity (Wildman–Crippen MR) is 84.7 cm³/mol. The van der Waals surface area contributed by atoms with Gasteiger partial charge in [0.2, 0.25) is 0 Å². The first kappa shape index (κ1) is 19.0. The van der Waals surface area contributed by atoms with Crippen molar-refractivity contribution in [2.24, 2.45) is 5.92 Å². The number of amides is 2. The second-order valence-electron chi connectivity index (χ2n) is 5.39. The first-order valence-corrected chi connectivity index (χ1v) is 8.15. The SMILES string of the molecule is CCOC(=O)/C=C/C(=O)OCCNC(=O)NCC1CCCCC1. The number of hydrogen-bond acceptors (Lipinski definition) is 5. The third kappa shape index (κ3) is 9.55. The van der Waals surface area contributed by atoms with E-state index < -0.39 is 11.9 Å². The molecule has 0 heterocycles. The zero-order chi connectivity index (χ0) is 16.9. The van der Waals surface area contributed by atoms with E-state index in [-0.39, 0.29) is 25.8 Å². The molecule has 7 heteroatoms. The van der Waals surface area contributed by atoms with Crippen LogP contribution in [0.5, 0.6) is 0 Å². The fraction of sp³-hybridized carbons (Fsp3) is 0.688. The molecule has 0 aromatic rings. The maximum absolute atomic E-state index is 11.6. The van der Waals surface area contributed by atoms with Crippen LogP contribution in [0.1, 0.15) is 39.0 Å². The van der Waals surface area contributed by atoms with Crippen molar-refractivity contribution in [3.05, 3.63) is 12.2 Å². The molecule has 1 fully saturated rings. The van der Waals surface area contributed by atoms with E-state index >= 15 is 0 Å². The average Bonchev–Trinajstić information content (AvgIpc) is 2.56. The van der Waals surface area contributed by atoms with Crippen LogP contribution in [-0.4, -0.2) is 44.3 Å². The summed E-state index contributed by atoms with van der Waals surface area (Å²) in [5, 5.41) is 5.45. The molecule has 0 saturated heterocycles. The van der Waals surface area contributed by atoms with Crippen LogP contribution in [0.2, 0.25) is 0 Å². The Hall–Kier alpha value is -2.05. The Balaban J connectivity index is 2.03. The molecule has 1 aliphatic carbocycles. The van der Waals surface area contributed by atoms with E-state index in [1.165, 1.54) is 32.1 Å². The van der Waals surface area contributed by atoms with Crippen LogP contribution >= 0.6 is 0 Å². The highest BCUT2D eigenvalue weighted by atomic mass is 16.5. The van der Waals surface area contributed by atoms with Crippen LogP contribution < -0.4 is 10.6 Å². The molecule has 0 aromatic carbocycles. The molecule has 2 amide bonds. The van der Waals surface area contributed by atoms with E-state index in [4.69, 9.17) is 4.74 Å². The minimum Gasteiger partial charge on any atom is -0.463 e. The Morgan fingerprint density at radius 1 is 1.00 bits per heavy atom. The average molecular weight is 326 g/mol. The number of carbonyl (C=O) groups excluding carboxylic acids is 3. The normalized spacial score (nSPS) is 15.2. The van der Waals surface area contributed by atoms with Crippen LogP contribution in [0.25, 0.3) is 0 Å². The van der Waals surface area contributed by atoms with Gasteiger partial charge in [0, 0.05) is 18.7 Å². The maximum Gasteiger partial charge on any atom is 0.331 e. The third-order valence-corrected chi connectivity index (χ3v) is 3.55. The zero-order valence-corrected chi connectivity index (χ0v) is 13.6. The Morgan fingerprint density at radius 3 is 2.30 bits per heavy atom. The second kappa shape index (κ2) is 11.5. The van der Waals surface area contributed by atoms with E-state index in [9.17, 15) is 14.4 Å². The molecular formula is C16H26N2O5. The number of hydrogen-bond donors (Lipinski definition) is 2. The van der Waals surface area contributed by atoms with Gasteiger partial charge in [-0.05, 0) is 25.7 Å². The standard InChI is InChI=1S/C16H26N2O5/c1-2-22-14(19)8-9-15(20)23-11-10-17-16(21)18-12-13-6-4-3-5-7-13/h8-9,13H,2-7,10-12H2,1H3,(H2,17,18,21)/b9-8+. The summed E-state index contributed by atoms with van der Waals surface area (Å²) >= 11 is 0. The Morgan fingerprint density at radius 2 is 1.65 bits per heavy atom. The fourth-order valence-electron chi connectivity index (χ4n) is 2.38. The first-order valence-electron chi connectivity index (χ1n) is 8.15. The number of ether oxygens (including phenoxy) is 2. The highest BCUT2D eigenvalue weighted by molar-refractivity contribution is 5.91. The van der Waals surface area contributed by atoms with Gasteiger partial charge in [-0.2, -0.15) is 0 Å². The lowest BCUT2D eigenvalue weighted by atomic mass is 9.89. The summed E-state index contributed by atoms with van der Waals surface area (Å²) in [6.45, 7) is 2.87. The summed E-state index contributed by atoms with van der Waals surface area (Å²) in [6.07, 6.45) is 8.12. The maximum atomic E-state index is 11.6. The summed E-state index contributed by atoms with van der Waals surface area (Å²) in [6, 6.07) is -0.256. The molecule has 23 heavy (non-hydrogen) atoms. The van der Waals surface area contributed by atoms with Crippen molar-refractivity contribution < 1.29 is 23.9 Å². The molecule has 0 unspecified atom stereocenters. The van der Waals surface area contributed by atoms with Gasteiger partial charge in [0.05, 0.1) is 13.2 Å². The van der Waals surface area contributed by atoms with Crippen molar-refractivity contribution in [3.8, 4) is 0 Å². The third-order valence-electron chi connectivity index (χ3n) is 3.55. The topological polar surface area (TPSA) is 93.7 Å². The van der Waals surface area contributed by atoms with E-state index in [1.54, 1.807) is 6.92 Å². The number of rotatable bonds is 8. The quantitative estimate of drug-likeness (QED) is 0.401. The summed E-state index contributed by atoms with van der Waals surface area (Å²) < 4.78 is 9.47. The van der Waals surface area contributed by atoms with Gasteiger partial charge < -0.3 is 20.1 Å². The van der Waals surface area contributed by atoms with Crippen molar-refractivity contribution in [1.82, 2.24) is 10.6 Å². The molecule has 0 bridgehead atoms. The number of esters is 2. The van der Waals surface area contributed by atoms with Crippen LogP contribution in [0, 0.1) is 5.92 Å². The van der Waals surface area contributed by atoms with Gasteiger partial charge in [-0.1, -0.05) is 19.3 Å². The van der Waals surface area contributed by atoms with Crippen LogP contribution in [-0.2, 0) is 19.1 Å². The Bertz CT molecular complexity index is 417. The molecule has 0 radical (unpaired) electrons. The predicted octanol–water partition coefficient (Wildman–Crippen LogP) is 1.53. The smallest absolute Gasteiger partial charge is 0.331 e. The largest absolute Gasteiger partial charge is 0.463 e. The van der Waals surface area contributed by atoms with Gasteiger partial charge in [0.25, 0.3) is 0 Å². The van der Waals surface area contributed by atoms with Crippen molar-refractivity contribution in [1.29, 1.82) is 0 Å². The molecule has 7 nitrogen and oxygen atoms in total. The van der Waals surface area contributed by atoms with Gasteiger partial charge in [0.15, 0.2) is 0 Å². The van der Waals surface area contributed by atoms with Gasteiger partial charge in [-0.25, -0.2) is 14.4 Å². The van der Waals surface area contributed by atoms with Crippen molar-refractivity contribution in [2.75, 3.05) is 26.3 Å². The van der Waals surface area contributed by atoms with Gasteiger partial charge in [0.1, 0.15) is 6.61 Å². The highest BCUT2D eigenvalue weighted by Gasteiger charge is 2.13. The summed E-state index contributed by atoms with van der Waals surface area (Å²) in [5.41, 5.74) is 0. The number of nitrogens with one attached hydrogen (secondary N) is 2. The lowest BCUT2D eigenvalue weighted by Crippen LogP contribution is -2.40. The highest BCUT2D eigenvalue weighted by Crippen LogP contribution is 2.22. The van der Waals surface area contributed by atoms with Gasteiger partial charge in [-0.15, -0.1) is 0 Å². The van der Waals surface area contributed by atoms with Crippen molar-refractivity contribution >= 4 is 18.0 Å². The minimum atomic E-state index is -0.650. The lowest BCUT2D eigenvalue weighted by molar-refractivity contribution is -0.140. The second-order valence-corrected chi connectivity index (χ2v) is 5.39. The number of carbonyl (C=O) groups is 3.